The number of aromatic nitrogens is 3. The molecule has 9 heteroatoms. The van der Waals surface area contributed by atoms with Gasteiger partial charge in [0.25, 0.3) is 5.91 Å². The number of aliphatic hydroxyl groups is 1. The maximum absolute atomic E-state index is 13.1. The molecular weight excluding hydrogens is 456 g/mol. The molecule has 0 saturated heterocycles. The topological polar surface area (TPSA) is 121 Å². The van der Waals surface area contributed by atoms with Gasteiger partial charge >= 0.3 is 0 Å². The van der Waals surface area contributed by atoms with E-state index < -0.39 is 0 Å². The van der Waals surface area contributed by atoms with Gasteiger partial charge in [0.1, 0.15) is 22.8 Å². The van der Waals surface area contributed by atoms with Crippen LogP contribution in [0.2, 0.25) is 0 Å². The Labute approximate surface area is 213 Å². The van der Waals surface area contributed by atoms with Crippen LogP contribution >= 0.6 is 0 Å². The third kappa shape index (κ3) is 8.05. The number of carbonyl (C=O) groups excluding carboxylic acids is 1. The van der Waals surface area contributed by atoms with Gasteiger partial charge in [0.15, 0.2) is 0 Å². The molecular formula is C27H38N6O3. The van der Waals surface area contributed by atoms with Crippen LogP contribution in [0.3, 0.4) is 0 Å². The average molecular weight is 495 g/mol. The molecule has 1 aliphatic rings. The molecule has 1 fully saturated rings. The highest BCUT2D eigenvalue weighted by atomic mass is 16.5. The molecule has 3 rings (SSSR count). The number of ether oxygens (including phenoxy) is 1. The van der Waals surface area contributed by atoms with E-state index in [1.54, 1.807) is 31.7 Å². The minimum atomic E-state index is -0.259. The largest absolute Gasteiger partial charge is 0.494 e. The van der Waals surface area contributed by atoms with Crippen molar-refractivity contribution < 1.29 is 14.6 Å². The Morgan fingerprint density at radius 2 is 2.00 bits per heavy atom. The number of pyridine rings is 1. The van der Waals surface area contributed by atoms with E-state index in [2.05, 4.69) is 44.4 Å². The number of anilines is 2. The fourth-order valence-corrected chi connectivity index (χ4v) is 4.05. The third-order valence-corrected chi connectivity index (χ3v) is 6.24. The van der Waals surface area contributed by atoms with Crippen molar-refractivity contribution in [3.63, 3.8) is 0 Å². The van der Waals surface area contributed by atoms with Crippen molar-refractivity contribution in [2.75, 3.05) is 30.8 Å². The van der Waals surface area contributed by atoms with Gasteiger partial charge in [-0.05, 0) is 55.7 Å². The van der Waals surface area contributed by atoms with Crippen molar-refractivity contribution in [3.8, 4) is 0 Å². The maximum atomic E-state index is 13.1. The van der Waals surface area contributed by atoms with Gasteiger partial charge in [-0.25, -0.2) is 4.98 Å². The van der Waals surface area contributed by atoms with Crippen molar-refractivity contribution in [1.29, 1.82) is 0 Å². The van der Waals surface area contributed by atoms with Crippen molar-refractivity contribution >= 4 is 23.4 Å². The smallest absolute Gasteiger partial charge is 0.256 e. The number of nitrogens with zero attached hydrogens (tertiary/aromatic N) is 3. The number of nitrogens with one attached hydrogen (secondary N) is 3. The summed E-state index contributed by atoms with van der Waals surface area (Å²) in [4.78, 5) is 26.4. The molecule has 0 aromatic carbocycles. The second-order valence-corrected chi connectivity index (χ2v) is 9.00. The first kappa shape index (κ1) is 27.1. The lowest BCUT2D eigenvalue weighted by atomic mass is 9.87. The molecule has 0 aliphatic heterocycles. The molecule has 1 amide bonds. The molecule has 0 spiro atoms. The van der Waals surface area contributed by atoms with E-state index in [0.717, 1.165) is 50.6 Å². The molecule has 0 radical (unpaired) electrons. The van der Waals surface area contributed by atoms with E-state index in [1.807, 2.05) is 12.1 Å². The quantitative estimate of drug-likeness (QED) is 0.186. The first-order chi connectivity index (χ1) is 17.5. The number of amides is 1. The predicted molar refractivity (Wildman–Crippen MR) is 142 cm³/mol. The number of hydrogen-bond acceptors (Lipinski definition) is 8. The van der Waals surface area contributed by atoms with Crippen molar-refractivity contribution in [3.05, 3.63) is 60.1 Å². The van der Waals surface area contributed by atoms with Gasteiger partial charge < -0.3 is 25.8 Å². The lowest BCUT2D eigenvalue weighted by molar-refractivity contribution is 0.0951. The van der Waals surface area contributed by atoms with Crippen LogP contribution in [0, 0.1) is 5.92 Å². The van der Waals surface area contributed by atoms with E-state index in [0.29, 0.717) is 47.8 Å². The van der Waals surface area contributed by atoms with Crippen molar-refractivity contribution in [1.82, 2.24) is 20.3 Å². The van der Waals surface area contributed by atoms with Crippen LogP contribution in [0.25, 0.3) is 5.76 Å². The second kappa shape index (κ2) is 14.2. The number of aliphatic hydroxyl groups excluding tert-OH is 1. The average Bonchev–Trinajstić information content (AvgIpc) is 2.90. The first-order valence-corrected chi connectivity index (χ1v) is 12.7. The highest BCUT2D eigenvalue weighted by Crippen LogP contribution is 2.25. The summed E-state index contributed by atoms with van der Waals surface area (Å²) in [6, 6.07) is 3.74. The zero-order chi connectivity index (χ0) is 25.8. The number of methoxy groups -OCH3 is 1. The van der Waals surface area contributed by atoms with E-state index in [1.165, 1.54) is 0 Å². The van der Waals surface area contributed by atoms with Gasteiger partial charge in [-0.1, -0.05) is 32.1 Å². The Morgan fingerprint density at radius 3 is 2.67 bits per heavy atom. The summed E-state index contributed by atoms with van der Waals surface area (Å²) in [6.07, 6.45) is 12.1. The van der Waals surface area contributed by atoms with Gasteiger partial charge in [0, 0.05) is 32.0 Å². The Balaban J connectivity index is 1.66. The van der Waals surface area contributed by atoms with Gasteiger partial charge in [0.2, 0.25) is 5.95 Å². The number of allylic oxidation sites excluding steroid dienone is 2. The zero-order valence-corrected chi connectivity index (χ0v) is 21.3. The van der Waals surface area contributed by atoms with Gasteiger partial charge in [-0.3, -0.25) is 9.78 Å². The van der Waals surface area contributed by atoms with Crippen LogP contribution in [0.4, 0.5) is 11.8 Å². The highest BCUT2D eigenvalue weighted by Gasteiger charge is 2.21. The summed E-state index contributed by atoms with van der Waals surface area (Å²) >= 11 is 0. The number of rotatable bonds is 13. The lowest BCUT2D eigenvalue weighted by Crippen LogP contribution is -2.27. The maximum Gasteiger partial charge on any atom is 0.256 e. The van der Waals surface area contributed by atoms with Gasteiger partial charge in [0.05, 0.1) is 13.2 Å². The molecule has 194 valence electrons. The van der Waals surface area contributed by atoms with E-state index in [-0.39, 0.29) is 12.0 Å². The number of carbonyl (C=O) groups is 1. The molecule has 2 aromatic rings. The Hall–Kier alpha value is -3.46. The predicted octanol–water partition coefficient (Wildman–Crippen LogP) is 4.15. The molecule has 0 bridgehead atoms. The minimum absolute atomic E-state index is 0.196. The summed E-state index contributed by atoms with van der Waals surface area (Å²) in [5.74, 6) is 1.81. The fraction of sp³-hybridized carbons (Fsp3) is 0.481. The van der Waals surface area contributed by atoms with Crippen LogP contribution in [0.1, 0.15) is 67.1 Å². The van der Waals surface area contributed by atoms with E-state index >= 15 is 0 Å². The third-order valence-electron chi connectivity index (χ3n) is 6.24. The molecule has 1 aliphatic carbocycles. The molecule has 4 N–H and O–H groups in total. The Kier molecular flexibility index (Phi) is 10.7. The molecule has 2 aromatic heterocycles. The molecule has 1 saturated carbocycles. The van der Waals surface area contributed by atoms with Gasteiger partial charge in [-0.15, -0.1) is 0 Å². The summed E-state index contributed by atoms with van der Waals surface area (Å²) in [7, 11) is 1.58. The van der Waals surface area contributed by atoms with Crippen LogP contribution in [-0.2, 0) is 11.3 Å². The minimum Gasteiger partial charge on any atom is -0.494 e. The number of unbranched alkanes of at least 4 members (excludes halogenated alkanes) is 1. The standard InChI is InChI=1S/C27H38N6O3/c1-4-6-14-28-27-32-18-22(25(33-27)30-15-19-8-11-21(34)12-9-19)26(35)31-17-20-10-13-23(29-16-20)24(36-3)7-5-2/h5,7,10,13,16,18-19,21,34H,2,4,6,8-9,11-12,14-15,17H2,1,3H3,(H,31,35)(H2,28,30,32,33). The highest BCUT2D eigenvalue weighted by molar-refractivity contribution is 5.98. The molecule has 0 unspecified atom stereocenters. The lowest BCUT2D eigenvalue weighted by Gasteiger charge is -2.26. The Morgan fingerprint density at radius 1 is 1.19 bits per heavy atom. The monoisotopic (exact) mass is 494 g/mol. The normalized spacial score (nSPS) is 17.8. The first-order valence-electron chi connectivity index (χ1n) is 12.7. The summed E-state index contributed by atoms with van der Waals surface area (Å²) in [5, 5.41) is 19.3. The van der Waals surface area contributed by atoms with Crippen LogP contribution < -0.4 is 16.0 Å². The van der Waals surface area contributed by atoms with Crippen LogP contribution in [0.15, 0.2) is 43.3 Å². The molecule has 0 atom stereocenters. The van der Waals surface area contributed by atoms with E-state index in [9.17, 15) is 9.90 Å². The van der Waals surface area contributed by atoms with Gasteiger partial charge in [-0.2, -0.15) is 4.98 Å². The van der Waals surface area contributed by atoms with E-state index in [4.69, 9.17) is 4.74 Å². The molecule has 9 nitrogen and oxygen atoms in total. The number of hydrogen-bond donors (Lipinski definition) is 4. The zero-order valence-electron chi connectivity index (χ0n) is 21.3. The fourth-order valence-electron chi connectivity index (χ4n) is 4.05. The van der Waals surface area contributed by atoms with Crippen molar-refractivity contribution in [2.45, 2.75) is 58.1 Å². The molecule has 2 heterocycles. The van der Waals surface area contributed by atoms with Crippen LogP contribution in [0.5, 0.6) is 0 Å². The SMILES string of the molecule is C=CC=C(OC)c1ccc(CNC(=O)c2cnc(NCCCC)nc2NCC2CCC(O)CC2)cn1. The van der Waals surface area contributed by atoms with Crippen LogP contribution in [-0.4, -0.2) is 52.3 Å². The Bertz CT molecular complexity index is 1020. The second-order valence-electron chi connectivity index (χ2n) is 9.00. The summed E-state index contributed by atoms with van der Waals surface area (Å²) < 4.78 is 5.32. The summed E-state index contributed by atoms with van der Waals surface area (Å²) in [5.41, 5.74) is 1.94. The summed E-state index contributed by atoms with van der Waals surface area (Å²) in [6.45, 7) is 7.60. The van der Waals surface area contributed by atoms with Crippen molar-refractivity contribution in [2.24, 2.45) is 5.92 Å². The molecule has 36 heavy (non-hydrogen) atoms.